The van der Waals surface area contributed by atoms with Crippen LogP contribution in [0.1, 0.15) is 51.3 Å². The van der Waals surface area contributed by atoms with Crippen molar-refractivity contribution in [1.82, 2.24) is 10.2 Å². The molecule has 4 nitrogen and oxygen atoms in total. The molecule has 2 aromatic rings. The van der Waals surface area contributed by atoms with Crippen molar-refractivity contribution in [3.63, 3.8) is 0 Å². The molecule has 1 atom stereocenters. The van der Waals surface area contributed by atoms with Crippen molar-refractivity contribution in [2.75, 3.05) is 5.32 Å². The van der Waals surface area contributed by atoms with E-state index in [4.69, 9.17) is 0 Å². The Morgan fingerprint density at radius 2 is 2.33 bits per heavy atom. The number of nitrogens with zero attached hydrogens (tertiary/aromatic N) is 1. The van der Waals surface area contributed by atoms with E-state index in [1.165, 1.54) is 23.3 Å². The third-order valence-electron chi connectivity index (χ3n) is 4.35. The van der Waals surface area contributed by atoms with Gasteiger partial charge in [-0.25, -0.2) is 0 Å². The first kappa shape index (κ1) is 14.3. The average molecular weight is 303 g/mol. The van der Waals surface area contributed by atoms with Gasteiger partial charge in [-0.1, -0.05) is 13.3 Å². The van der Waals surface area contributed by atoms with Gasteiger partial charge in [-0.05, 0) is 50.7 Å². The molecule has 0 bridgehead atoms. The van der Waals surface area contributed by atoms with Crippen LogP contribution in [0.2, 0.25) is 0 Å². The first-order valence-corrected chi connectivity index (χ1v) is 8.34. The van der Waals surface area contributed by atoms with Crippen molar-refractivity contribution in [3.8, 4) is 0 Å². The molecule has 112 valence electrons. The molecule has 2 N–H and O–H groups in total. The number of hydrogen-bond donors (Lipinski definition) is 2. The number of hydrogen-bond acceptors (Lipinski definition) is 3. The van der Waals surface area contributed by atoms with Gasteiger partial charge < -0.3 is 5.32 Å². The fourth-order valence-corrected chi connectivity index (χ4v) is 4.07. The first-order valence-electron chi connectivity index (χ1n) is 7.53. The molecule has 1 aliphatic carbocycles. The summed E-state index contributed by atoms with van der Waals surface area (Å²) in [6, 6.07) is 2.09. The van der Waals surface area contributed by atoms with Crippen LogP contribution in [0.15, 0.2) is 6.07 Å². The quantitative estimate of drug-likeness (QED) is 0.904. The molecule has 2 heterocycles. The predicted octanol–water partition coefficient (Wildman–Crippen LogP) is 3.86. The molecule has 1 unspecified atom stereocenters. The fourth-order valence-electron chi connectivity index (χ4n) is 2.97. The van der Waals surface area contributed by atoms with Gasteiger partial charge in [-0.15, -0.1) is 11.3 Å². The Morgan fingerprint density at radius 3 is 3.00 bits per heavy atom. The van der Waals surface area contributed by atoms with E-state index >= 15 is 0 Å². The lowest BCUT2D eigenvalue weighted by Crippen LogP contribution is -2.11. The van der Waals surface area contributed by atoms with Gasteiger partial charge >= 0.3 is 0 Å². The number of carbonyl (C=O) groups is 1. The van der Waals surface area contributed by atoms with E-state index in [0.717, 1.165) is 40.7 Å². The Hall–Kier alpha value is -1.62. The van der Waals surface area contributed by atoms with Crippen LogP contribution in [0, 0.1) is 19.8 Å². The Labute approximate surface area is 129 Å². The molecule has 0 saturated heterocycles. The molecule has 2 aromatic heterocycles. The number of carbonyl (C=O) groups excluding carboxylic acids is 1. The Balaban J connectivity index is 1.79. The van der Waals surface area contributed by atoms with E-state index in [1.807, 2.05) is 13.8 Å². The highest BCUT2D eigenvalue weighted by Gasteiger charge is 2.22. The summed E-state index contributed by atoms with van der Waals surface area (Å²) in [5, 5.41) is 9.99. The molecular formula is C16H21N3OS. The zero-order valence-electron chi connectivity index (χ0n) is 12.7. The van der Waals surface area contributed by atoms with Crippen molar-refractivity contribution in [2.24, 2.45) is 5.92 Å². The van der Waals surface area contributed by atoms with Crippen molar-refractivity contribution in [2.45, 2.75) is 46.5 Å². The summed E-state index contributed by atoms with van der Waals surface area (Å²) in [6.45, 7) is 6.06. The van der Waals surface area contributed by atoms with Crippen LogP contribution in [-0.4, -0.2) is 16.1 Å². The summed E-state index contributed by atoms with van der Waals surface area (Å²) < 4.78 is 0. The van der Waals surface area contributed by atoms with Crippen molar-refractivity contribution in [1.29, 1.82) is 0 Å². The summed E-state index contributed by atoms with van der Waals surface area (Å²) in [6.07, 6.45) is 4.73. The molecule has 0 aromatic carbocycles. The van der Waals surface area contributed by atoms with E-state index in [0.29, 0.717) is 0 Å². The van der Waals surface area contributed by atoms with Gasteiger partial charge in [0.15, 0.2) is 0 Å². The standard InChI is InChI=1S/C16H21N3OS/c1-4-11-5-6-13-12(7-11)8-14(21-13)16(20)17-15-9(2)18-19-10(15)3/h8,11H,4-7H2,1-3H3,(H,17,20)(H,18,19). The zero-order valence-corrected chi connectivity index (χ0v) is 13.6. The molecule has 0 radical (unpaired) electrons. The Bertz CT molecular complexity index is 652. The maximum atomic E-state index is 12.4. The van der Waals surface area contributed by atoms with Gasteiger partial charge in [0, 0.05) is 4.88 Å². The van der Waals surface area contributed by atoms with Gasteiger partial charge in [0.25, 0.3) is 5.91 Å². The largest absolute Gasteiger partial charge is 0.318 e. The Kier molecular flexibility index (Phi) is 3.85. The SMILES string of the molecule is CCC1CCc2sc(C(=O)Nc3c(C)n[nH]c3C)cc2C1. The summed E-state index contributed by atoms with van der Waals surface area (Å²) in [7, 11) is 0. The van der Waals surface area contributed by atoms with E-state index in [9.17, 15) is 4.79 Å². The number of amides is 1. The summed E-state index contributed by atoms with van der Waals surface area (Å²) >= 11 is 1.65. The van der Waals surface area contributed by atoms with Gasteiger partial charge in [0.05, 0.1) is 22.0 Å². The average Bonchev–Trinajstić information content (AvgIpc) is 3.04. The smallest absolute Gasteiger partial charge is 0.265 e. The lowest BCUT2D eigenvalue weighted by molar-refractivity contribution is 0.103. The number of rotatable bonds is 3. The van der Waals surface area contributed by atoms with E-state index in [2.05, 4.69) is 28.5 Å². The molecular weight excluding hydrogens is 282 g/mol. The van der Waals surface area contributed by atoms with Crippen LogP contribution < -0.4 is 5.32 Å². The van der Waals surface area contributed by atoms with Gasteiger partial charge in [0.1, 0.15) is 0 Å². The fraction of sp³-hybridized carbons (Fsp3) is 0.500. The number of H-pyrrole nitrogens is 1. The molecule has 0 spiro atoms. The number of fused-ring (bicyclic) bond motifs is 1. The maximum Gasteiger partial charge on any atom is 0.265 e. The topological polar surface area (TPSA) is 57.8 Å². The van der Waals surface area contributed by atoms with Crippen LogP contribution in [0.3, 0.4) is 0 Å². The molecule has 0 saturated carbocycles. The number of thiophene rings is 1. The van der Waals surface area contributed by atoms with E-state index < -0.39 is 0 Å². The number of anilines is 1. The van der Waals surface area contributed by atoms with Gasteiger partial charge in [-0.3, -0.25) is 9.89 Å². The van der Waals surface area contributed by atoms with E-state index in [-0.39, 0.29) is 5.91 Å². The molecule has 1 amide bonds. The van der Waals surface area contributed by atoms with E-state index in [1.54, 1.807) is 11.3 Å². The summed E-state index contributed by atoms with van der Waals surface area (Å²) in [4.78, 5) is 14.7. The molecule has 0 aliphatic heterocycles. The minimum absolute atomic E-state index is 0.0185. The second kappa shape index (κ2) is 5.64. The highest BCUT2D eigenvalue weighted by molar-refractivity contribution is 7.14. The number of aromatic nitrogens is 2. The monoisotopic (exact) mass is 303 g/mol. The van der Waals surface area contributed by atoms with Gasteiger partial charge in [0.2, 0.25) is 0 Å². The lowest BCUT2D eigenvalue weighted by atomic mass is 9.87. The minimum atomic E-state index is -0.0185. The molecule has 0 fully saturated rings. The van der Waals surface area contributed by atoms with Crippen molar-refractivity contribution < 1.29 is 4.79 Å². The molecule has 5 heteroatoms. The zero-order chi connectivity index (χ0) is 15.0. The first-order chi connectivity index (χ1) is 10.1. The summed E-state index contributed by atoms with van der Waals surface area (Å²) in [5.74, 6) is 0.761. The predicted molar refractivity (Wildman–Crippen MR) is 86.1 cm³/mol. The molecule has 1 aliphatic rings. The van der Waals surface area contributed by atoms with Gasteiger partial charge in [-0.2, -0.15) is 5.10 Å². The highest BCUT2D eigenvalue weighted by atomic mass is 32.1. The maximum absolute atomic E-state index is 12.4. The molecule has 3 rings (SSSR count). The van der Waals surface area contributed by atoms with Crippen LogP contribution in [0.5, 0.6) is 0 Å². The summed E-state index contributed by atoms with van der Waals surface area (Å²) in [5.41, 5.74) is 3.91. The minimum Gasteiger partial charge on any atom is -0.318 e. The van der Waals surface area contributed by atoms with Crippen molar-refractivity contribution >= 4 is 22.9 Å². The van der Waals surface area contributed by atoms with Crippen molar-refractivity contribution in [3.05, 3.63) is 32.8 Å². The third kappa shape index (κ3) is 2.75. The second-order valence-electron chi connectivity index (χ2n) is 5.84. The number of aryl methyl sites for hydroxylation is 3. The molecule has 21 heavy (non-hydrogen) atoms. The van der Waals surface area contributed by atoms with Crippen LogP contribution in [-0.2, 0) is 12.8 Å². The van der Waals surface area contributed by atoms with Crippen LogP contribution in [0.4, 0.5) is 5.69 Å². The number of nitrogens with one attached hydrogen (secondary N) is 2. The lowest BCUT2D eigenvalue weighted by Gasteiger charge is -2.19. The normalized spacial score (nSPS) is 17.6. The third-order valence-corrected chi connectivity index (χ3v) is 5.59. The van der Waals surface area contributed by atoms with Crippen LogP contribution >= 0.6 is 11.3 Å². The highest BCUT2D eigenvalue weighted by Crippen LogP contribution is 2.34. The van der Waals surface area contributed by atoms with Crippen LogP contribution in [0.25, 0.3) is 0 Å². The number of aromatic amines is 1. The Morgan fingerprint density at radius 1 is 1.52 bits per heavy atom. The second-order valence-corrected chi connectivity index (χ2v) is 6.98.